The lowest BCUT2D eigenvalue weighted by molar-refractivity contribution is -0.132. The first-order valence-electron chi connectivity index (χ1n) is 9.17. The first-order valence-corrected chi connectivity index (χ1v) is 9.93. The van der Waals surface area contributed by atoms with Gasteiger partial charge in [-0.25, -0.2) is 4.79 Å². The lowest BCUT2D eigenvalue weighted by atomic mass is 9.94. The Bertz CT molecular complexity index is 665. The molecule has 0 aliphatic carbocycles. The molecule has 0 radical (unpaired) electrons. The van der Waals surface area contributed by atoms with Crippen LogP contribution in [-0.4, -0.2) is 46.7 Å². The van der Waals surface area contributed by atoms with Crippen LogP contribution in [-0.2, 0) is 4.79 Å². The van der Waals surface area contributed by atoms with Gasteiger partial charge in [0.2, 0.25) is 0 Å². The number of hydrogen-bond acceptors (Lipinski definition) is 4. The molecule has 1 aliphatic rings. The van der Waals surface area contributed by atoms with Gasteiger partial charge in [0.05, 0.1) is 16.6 Å². The molecule has 1 fully saturated rings. The zero-order valence-electron chi connectivity index (χ0n) is 15.6. The van der Waals surface area contributed by atoms with Gasteiger partial charge in [0, 0.05) is 0 Å². The normalized spacial score (nSPS) is 20.7. The molecule has 2 atom stereocenters. The summed E-state index contributed by atoms with van der Waals surface area (Å²) in [6.07, 6.45) is 3.60. The molecule has 0 aromatic heterocycles. The minimum atomic E-state index is -1.06. The summed E-state index contributed by atoms with van der Waals surface area (Å²) in [5, 5.41) is 13.6. The van der Waals surface area contributed by atoms with E-state index in [1.54, 1.807) is 25.1 Å². The molecule has 2 N–H and O–H groups in total. The zero-order chi connectivity index (χ0) is 20.0. The highest BCUT2D eigenvalue weighted by Crippen LogP contribution is 2.32. The van der Waals surface area contributed by atoms with Gasteiger partial charge in [-0.2, -0.15) is 0 Å². The largest absolute Gasteiger partial charge is 0.488 e. The quantitative estimate of drug-likeness (QED) is 0.445. The maximum atomic E-state index is 12.7. The third-order valence-corrected chi connectivity index (χ3v) is 5.20. The SMILES string of the molecule is CCCCCCC1(C)NC(=O)N(CC(O)COc2c(Cl)cccc2Cl)C1=O. The Hall–Kier alpha value is -1.50. The molecule has 0 spiro atoms. The van der Waals surface area contributed by atoms with Crippen LogP contribution in [0.1, 0.15) is 46.0 Å². The third kappa shape index (κ3) is 5.50. The van der Waals surface area contributed by atoms with Crippen LogP contribution in [0.2, 0.25) is 10.0 Å². The highest BCUT2D eigenvalue weighted by atomic mass is 35.5. The van der Waals surface area contributed by atoms with Gasteiger partial charge in [-0.15, -0.1) is 0 Å². The number of urea groups is 1. The summed E-state index contributed by atoms with van der Waals surface area (Å²) >= 11 is 12.0. The molecule has 0 saturated carbocycles. The second-order valence-corrected chi connectivity index (χ2v) is 7.82. The predicted molar refractivity (Wildman–Crippen MR) is 105 cm³/mol. The fraction of sp³-hybridized carbons (Fsp3) is 0.579. The molecule has 6 nitrogen and oxygen atoms in total. The van der Waals surface area contributed by atoms with Crippen molar-refractivity contribution in [1.82, 2.24) is 10.2 Å². The standard InChI is InChI=1S/C19H26Cl2N2O4/c1-3-4-5-6-10-19(2)17(25)23(18(26)22-19)11-13(24)12-27-16-14(20)8-7-9-15(16)21/h7-9,13,24H,3-6,10-12H2,1-2H3,(H,22,26). The zero-order valence-corrected chi connectivity index (χ0v) is 17.1. The molecule has 1 aromatic rings. The molecule has 1 saturated heterocycles. The monoisotopic (exact) mass is 416 g/mol. The van der Waals surface area contributed by atoms with Gasteiger partial charge < -0.3 is 15.2 Å². The fourth-order valence-electron chi connectivity index (χ4n) is 3.05. The van der Waals surface area contributed by atoms with Crippen LogP contribution < -0.4 is 10.1 Å². The molecule has 150 valence electrons. The molecule has 27 heavy (non-hydrogen) atoms. The Labute approximate surface area is 169 Å². The highest BCUT2D eigenvalue weighted by Gasteiger charge is 2.47. The first-order chi connectivity index (χ1) is 12.8. The van der Waals surface area contributed by atoms with Crippen molar-refractivity contribution in [2.45, 2.75) is 57.6 Å². The van der Waals surface area contributed by atoms with E-state index in [0.29, 0.717) is 16.5 Å². The Morgan fingerprint density at radius 1 is 1.22 bits per heavy atom. The number of unbranched alkanes of at least 4 members (excludes halogenated alkanes) is 3. The summed E-state index contributed by atoms with van der Waals surface area (Å²) in [6.45, 7) is 3.54. The summed E-state index contributed by atoms with van der Waals surface area (Å²) in [7, 11) is 0. The molecule has 1 heterocycles. The molecular formula is C19H26Cl2N2O4. The number of carbonyl (C=O) groups excluding carboxylic acids is 2. The predicted octanol–water partition coefficient (Wildman–Crippen LogP) is 4.01. The summed E-state index contributed by atoms with van der Waals surface area (Å²) in [5.41, 5.74) is -0.919. The van der Waals surface area contributed by atoms with E-state index in [-0.39, 0.29) is 24.8 Å². The van der Waals surface area contributed by atoms with Crippen LogP contribution in [0.3, 0.4) is 0 Å². The van der Waals surface area contributed by atoms with Gasteiger partial charge in [-0.1, -0.05) is 61.9 Å². The molecule has 1 aliphatic heterocycles. The van der Waals surface area contributed by atoms with Gasteiger partial charge >= 0.3 is 6.03 Å². The van der Waals surface area contributed by atoms with Gasteiger partial charge in [-0.3, -0.25) is 9.69 Å². The van der Waals surface area contributed by atoms with Crippen LogP contribution in [0.15, 0.2) is 18.2 Å². The number of carbonyl (C=O) groups is 2. The number of halogens is 2. The number of nitrogens with one attached hydrogen (secondary N) is 1. The van der Waals surface area contributed by atoms with Crippen molar-refractivity contribution in [3.8, 4) is 5.75 Å². The van der Waals surface area contributed by atoms with Crippen LogP contribution in [0.25, 0.3) is 0 Å². The molecule has 2 unspecified atom stereocenters. The topological polar surface area (TPSA) is 78.9 Å². The fourth-order valence-corrected chi connectivity index (χ4v) is 3.56. The summed E-state index contributed by atoms with van der Waals surface area (Å²) < 4.78 is 5.47. The molecular weight excluding hydrogens is 391 g/mol. The Kier molecular flexibility index (Phi) is 7.77. The smallest absolute Gasteiger partial charge is 0.325 e. The number of nitrogens with zero attached hydrogens (tertiary/aromatic N) is 1. The number of imide groups is 1. The number of hydrogen-bond donors (Lipinski definition) is 2. The van der Waals surface area contributed by atoms with E-state index in [0.717, 1.165) is 30.6 Å². The van der Waals surface area contributed by atoms with E-state index < -0.39 is 17.7 Å². The second kappa shape index (κ2) is 9.62. The van der Waals surface area contributed by atoms with Crippen LogP contribution >= 0.6 is 23.2 Å². The van der Waals surface area contributed by atoms with E-state index in [4.69, 9.17) is 27.9 Å². The van der Waals surface area contributed by atoms with E-state index in [9.17, 15) is 14.7 Å². The minimum absolute atomic E-state index is 0.145. The molecule has 3 amide bonds. The molecule has 2 rings (SSSR count). The number of β-amino-alcohol motifs (C(OH)–C–C–N with tert-alkyl or cyclic N) is 1. The van der Waals surface area contributed by atoms with Gasteiger partial charge in [0.1, 0.15) is 18.2 Å². The number of ether oxygens (including phenoxy) is 1. The lowest BCUT2D eigenvalue weighted by Crippen LogP contribution is -2.45. The Morgan fingerprint density at radius 3 is 2.52 bits per heavy atom. The van der Waals surface area contributed by atoms with Crippen LogP contribution in [0, 0.1) is 0 Å². The summed E-state index contributed by atoms with van der Waals surface area (Å²) in [4.78, 5) is 25.9. The number of aliphatic hydroxyl groups is 1. The summed E-state index contributed by atoms with van der Waals surface area (Å²) in [5.74, 6) is -0.0586. The maximum absolute atomic E-state index is 12.7. The summed E-state index contributed by atoms with van der Waals surface area (Å²) in [6, 6.07) is 4.43. The van der Waals surface area contributed by atoms with Crippen LogP contribution in [0.4, 0.5) is 4.79 Å². The molecule has 0 bridgehead atoms. The minimum Gasteiger partial charge on any atom is -0.488 e. The average molecular weight is 417 g/mol. The Balaban J connectivity index is 1.90. The third-order valence-electron chi connectivity index (χ3n) is 4.61. The van der Waals surface area contributed by atoms with E-state index in [1.165, 1.54) is 0 Å². The maximum Gasteiger partial charge on any atom is 0.325 e. The number of para-hydroxylation sites is 1. The van der Waals surface area contributed by atoms with Crippen LogP contribution in [0.5, 0.6) is 5.75 Å². The van der Waals surface area contributed by atoms with Gasteiger partial charge in [0.25, 0.3) is 5.91 Å². The highest BCUT2D eigenvalue weighted by molar-refractivity contribution is 6.37. The number of aliphatic hydroxyl groups excluding tert-OH is 1. The lowest BCUT2D eigenvalue weighted by Gasteiger charge is -2.22. The van der Waals surface area contributed by atoms with Crippen molar-refractivity contribution in [2.24, 2.45) is 0 Å². The van der Waals surface area contributed by atoms with E-state index in [1.807, 2.05) is 0 Å². The van der Waals surface area contributed by atoms with Crippen molar-refractivity contribution in [1.29, 1.82) is 0 Å². The van der Waals surface area contributed by atoms with Gasteiger partial charge in [0.15, 0.2) is 5.75 Å². The first kappa shape index (κ1) is 21.8. The number of rotatable bonds is 10. The van der Waals surface area contributed by atoms with Crippen molar-refractivity contribution in [3.05, 3.63) is 28.2 Å². The Morgan fingerprint density at radius 2 is 1.89 bits per heavy atom. The molecule has 8 heteroatoms. The van der Waals surface area contributed by atoms with Crippen molar-refractivity contribution in [3.63, 3.8) is 0 Å². The average Bonchev–Trinajstić information content (AvgIpc) is 2.82. The van der Waals surface area contributed by atoms with E-state index >= 15 is 0 Å². The van der Waals surface area contributed by atoms with Crippen molar-refractivity contribution < 1.29 is 19.4 Å². The number of amides is 3. The van der Waals surface area contributed by atoms with Gasteiger partial charge in [-0.05, 0) is 25.5 Å². The molecule has 1 aromatic carbocycles. The second-order valence-electron chi connectivity index (χ2n) is 7.00. The number of benzene rings is 1. The van der Waals surface area contributed by atoms with Crippen molar-refractivity contribution >= 4 is 35.1 Å². The van der Waals surface area contributed by atoms with E-state index in [2.05, 4.69) is 12.2 Å². The van der Waals surface area contributed by atoms with Crippen molar-refractivity contribution in [2.75, 3.05) is 13.2 Å².